The van der Waals surface area contributed by atoms with Crippen molar-refractivity contribution in [3.05, 3.63) is 73.2 Å². The Morgan fingerprint density at radius 1 is 1.03 bits per heavy atom. The lowest BCUT2D eigenvalue weighted by Crippen LogP contribution is -2.39. The molecule has 7 nitrogen and oxygen atoms in total. The maximum atomic E-state index is 14.6. The number of hydrogen-bond acceptors (Lipinski definition) is 6. The molecule has 0 saturated carbocycles. The minimum atomic E-state index is -0.769. The largest absolute Gasteiger partial charge is 0.464 e. The quantitative estimate of drug-likeness (QED) is 0.533. The van der Waals surface area contributed by atoms with Crippen LogP contribution >= 0.6 is 0 Å². The number of rotatable bonds is 5. The fourth-order valence-corrected chi connectivity index (χ4v) is 3.91. The van der Waals surface area contributed by atoms with E-state index in [4.69, 9.17) is 4.42 Å². The summed E-state index contributed by atoms with van der Waals surface area (Å²) < 4.78 is 20.4. The van der Waals surface area contributed by atoms with E-state index in [1.807, 2.05) is 39.8 Å². The number of amides is 1. The number of benzene rings is 1. The molecule has 2 heterocycles. The first kappa shape index (κ1) is 20.8. The molecule has 1 aliphatic rings. The predicted molar refractivity (Wildman–Crippen MR) is 116 cm³/mol. The van der Waals surface area contributed by atoms with Crippen molar-refractivity contribution >= 4 is 23.0 Å². The molecule has 4 rings (SSSR count). The fraction of sp³-hybridized carbons (Fsp3) is 0.348. The van der Waals surface area contributed by atoms with Gasteiger partial charge in [0.2, 0.25) is 0 Å². The van der Waals surface area contributed by atoms with Crippen LogP contribution in [0.15, 0.2) is 38.3 Å². The molecule has 2 atom stereocenters. The van der Waals surface area contributed by atoms with Crippen LogP contribution in [0.5, 0.6) is 0 Å². The van der Waals surface area contributed by atoms with Crippen LogP contribution in [0.3, 0.4) is 0 Å². The number of carbonyl (C=O) groups excluding carboxylic acids is 1. The molecule has 0 spiro atoms. The van der Waals surface area contributed by atoms with Crippen LogP contribution in [-0.4, -0.2) is 5.91 Å². The van der Waals surface area contributed by atoms with Gasteiger partial charge < -0.3 is 20.4 Å². The smallest absolute Gasteiger partial charge is 0.254 e. The Morgan fingerprint density at radius 2 is 1.71 bits per heavy atom. The van der Waals surface area contributed by atoms with Gasteiger partial charge in [0.25, 0.3) is 16.8 Å². The first-order chi connectivity index (χ1) is 14.5. The Kier molecular flexibility index (Phi) is 4.76. The normalized spacial score (nSPS) is 16.8. The molecule has 1 aromatic heterocycles. The van der Waals surface area contributed by atoms with Crippen LogP contribution in [0, 0.1) is 18.2 Å². The monoisotopic (exact) mass is 425 g/mol. The van der Waals surface area contributed by atoms with Crippen molar-refractivity contribution in [2.75, 3.05) is 10.6 Å². The van der Waals surface area contributed by atoms with E-state index >= 15 is 0 Å². The maximum Gasteiger partial charge on any atom is 0.254 e. The SMILES string of the molecule is Cc1ccc([C@H](Nc2c(Nc3c(F)ccc4c3C(=O)N[C@@H]4C)c(=O)c2=O)C(C)(C)C)o1. The highest BCUT2D eigenvalue weighted by molar-refractivity contribution is 6.05. The molecule has 0 bridgehead atoms. The zero-order chi connectivity index (χ0) is 22.7. The summed E-state index contributed by atoms with van der Waals surface area (Å²) in [6, 6.07) is 5.71. The third kappa shape index (κ3) is 3.41. The van der Waals surface area contributed by atoms with Crippen LogP contribution in [-0.2, 0) is 0 Å². The second-order valence-corrected chi connectivity index (χ2v) is 9.01. The molecule has 0 saturated heterocycles. The molecule has 0 fully saturated rings. The molecule has 0 unspecified atom stereocenters. The maximum absolute atomic E-state index is 14.6. The highest BCUT2D eigenvalue weighted by Crippen LogP contribution is 2.39. The standard InChI is InChI=1S/C23H24FN3O4/c1-10-6-9-14(31-10)21(23(3,4)5)27-18-17(19(28)20(18)29)26-16-13(24)8-7-12-11(2)25-22(30)15(12)16/h6-9,11,21,26-27H,1-5H3,(H,25,30)/t11-,21+/m1/s1. The van der Waals surface area contributed by atoms with Gasteiger partial charge in [-0.05, 0) is 43.0 Å². The molecule has 3 aromatic rings. The second kappa shape index (κ2) is 7.08. The van der Waals surface area contributed by atoms with Crippen molar-refractivity contribution in [3.8, 4) is 0 Å². The van der Waals surface area contributed by atoms with Crippen molar-refractivity contribution < 1.29 is 13.6 Å². The van der Waals surface area contributed by atoms with Crippen LogP contribution in [0.4, 0.5) is 21.5 Å². The minimum absolute atomic E-state index is 0.0439. The first-order valence-corrected chi connectivity index (χ1v) is 10.1. The third-order valence-corrected chi connectivity index (χ3v) is 5.59. The van der Waals surface area contributed by atoms with Gasteiger partial charge in [-0.3, -0.25) is 14.4 Å². The van der Waals surface area contributed by atoms with E-state index in [-0.39, 0.29) is 34.1 Å². The zero-order valence-electron chi connectivity index (χ0n) is 18.0. The van der Waals surface area contributed by atoms with Crippen molar-refractivity contribution in [2.24, 2.45) is 5.41 Å². The highest BCUT2D eigenvalue weighted by Gasteiger charge is 2.35. The summed E-state index contributed by atoms with van der Waals surface area (Å²) in [4.78, 5) is 37.1. The lowest BCUT2D eigenvalue weighted by molar-refractivity contribution is 0.0959. The Morgan fingerprint density at radius 3 is 2.32 bits per heavy atom. The molecule has 1 amide bonds. The van der Waals surface area contributed by atoms with E-state index in [0.717, 1.165) is 5.76 Å². The van der Waals surface area contributed by atoms with Crippen molar-refractivity contribution in [1.82, 2.24) is 5.32 Å². The van der Waals surface area contributed by atoms with E-state index < -0.39 is 28.6 Å². The van der Waals surface area contributed by atoms with Gasteiger partial charge in [-0.15, -0.1) is 0 Å². The Labute approximate surface area is 178 Å². The molecule has 2 aromatic carbocycles. The van der Waals surface area contributed by atoms with Gasteiger partial charge in [-0.2, -0.15) is 0 Å². The second-order valence-electron chi connectivity index (χ2n) is 9.01. The molecule has 31 heavy (non-hydrogen) atoms. The molecule has 0 aliphatic carbocycles. The number of furan rings is 1. The molecule has 1 aliphatic heterocycles. The summed E-state index contributed by atoms with van der Waals surface area (Å²) in [6.45, 7) is 9.51. The van der Waals surface area contributed by atoms with E-state index in [0.29, 0.717) is 11.3 Å². The lowest BCUT2D eigenvalue weighted by atomic mass is 9.85. The van der Waals surface area contributed by atoms with Crippen LogP contribution in [0.2, 0.25) is 0 Å². The topological polar surface area (TPSA) is 100 Å². The summed E-state index contributed by atoms with van der Waals surface area (Å²) in [5.41, 5.74) is -1.21. The third-order valence-electron chi connectivity index (χ3n) is 5.59. The van der Waals surface area contributed by atoms with Gasteiger partial charge >= 0.3 is 0 Å². The van der Waals surface area contributed by atoms with Crippen LogP contribution in [0.1, 0.15) is 67.2 Å². The number of fused-ring (bicyclic) bond motifs is 1. The summed E-state index contributed by atoms with van der Waals surface area (Å²) >= 11 is 0. The summed E-state index contributed by atoms with van der Waals surface area (Å²) in [5, 5.41) is 8.56. The summed E-state index contributed by atoms with van der Waals surface area (Å²) in [5.74, 6) is 0.216. The average Bonchev–Trinajstić information content (AvgIpc) is 3.23. The first-order valence-electron chi connectivity index (χ1n) is 10.1. The van der Waals surface area contributed by atoms with Gasteiger partial charge in [-0.1, -0.05) is 26.8 Å². The van der Waals surface area contributed by atoms with E-state index in [1.54, 1.807) is 6.92 Å². The van der Waals surface area contributed by atoms with Crippen molar-refractivity contribution in [2.45, 2.75) is 46.7 Å². The van der Waals surface area contributed by atoms with E-state index in [1.165, 1.54) is 12.1 Å². The van der Waals surface area contributed by atoms with Gasteiger partial charge in [0, 0.05) is 0 Å². The van der Waals surface area contributed by atoms with Gasteiger partial charge in [-0.25, -0.2) is 4.39 Å². The number of hydrogen-bond donors (Lipinski definition) is 3. The van der Waals surface area contributed by atoms with Crippen LogP contribution in [0.25, 0.3) is 0 Å². The molecule has 162 valence electrons. The van der Waals surface area contributed by atoms with Crippen LogP contribution < -0.4 is 26.8 Å². The molecule has 0 radical (unpaired) electrons. The molecule has 8 heteroatoms. The zero-order valence-corrected chi connectivity index (χ0v) is 18.0. The lowest BCUT2D eigenvalue weighted by Gasteiger charge is -2.31. The summed E-state index contributed by atoms with van der Waals surface area (Å²) in [6.07, 6.45) is 0. The molecule has 3 N–H and O–H groups in total. The molecular formula is C23H24FN3O4. The van der Waals surface area contributed by atoms with Gasteiger partial charge in [0.05, 0.1) is 23.3 Å². The van der Waals surface area contributed by atoms with Crippen molar-refractivity contribution in [3.63, 3.8) is 0 Å². The average molecular weight is 425 g/mol. The number of aryl methyl sites for hydroxylation is 1. The Hall–Kier alpha value is -3.42. The summed E-state index contributed by atoms with van der Waals surface area (Å²) in [7, 11) is 0. The van der Waals surface area contributed by atoms with Gasteiger partial charge in [0.1, 0.15) is 28.7 Å². The minimum Gasteiger partial charge on any atom is -0.464 e. The van der Waals surface area contributed by atoms with E-state index in [9.17, 15) is 18.8 Å². The number of anilines is 3. The number of carbonyl (C=O) groups is 1. The Bertz CT molecular complexity index is 1260. The number of nitrogens with one attached hydrogen (secondary N) is 3. The number of halogens is 1. The fourth-order valence-electron chi connectivity index (χ4n) is 3.91. The molecular weight excluding hydrogens is 401 g/mol. The highest BCUT2D eigenvalue weighted by atomic mass is 19.1. The van der Waals surface area contributed by atoms with Crippen molar-refractivity contribution in [1.29, 1.82) is 0 Å². The van der Waals surface area contributed by atoms with Gasteiger partial charge in [0.15, 0.2) is 0 Å². The predicted octanol–water partition coefficient (Wildman–Crippen LogP) is 4.07. The van der Waals surface area contributed by atoms with E-state index in [2.05, 4.69) is 16.0 Å². The Balaban J connectivity index is 1.73.